The lowest BCUT2D eigenvalue weighted by molar-refractivity contribution is -0.119. The van der Waals surface area contributed by atoms with Gasteiger partial charge in [-0.05, 0) is 47.5 Å². The van der Waals surface area contributed by atoms with Crippen LogP contribution in [0.15, 0.2) is 78.9 Å². The molecule has 0 spiro atoms. The van der Waals surface area contributed by atoms with E-state index in [1.807, 2.05) is 53.4 Å². The molecule has 3 aromatic carbocycles. The van der Waals surface area contributed by atoms with Crippen molar-refractivity contribution in [3.05, 3.63) is 95.6 Å². The second-order valence-electron chi connectivity index (χ2n) is 7.19. The summed E-state index contributed by atoms with van der Waals surface area (Å²) in [6.45, 7) is 1.86. The minimum atomic E-state index is -0.780. The van der Waals surface area contributed by atoms with Gasteiger partial charge in [-0.2, -0.15) is 0 Å². The van der Waals surface area contributed by atoms with Crippen LogP contribution in [0.5, 0.6) is 0 Å². The molecule has 2 amide bonds. The lowest BCUT2D eigenvalue weighted by Gasteiger charge is -2.32. The van der Waals surface area contributed by atoms with E-state index in [0.717, 1.165) is 11.3 Å². The van der Waals surface area contributed by atoms with Gasteiger partial charge in [-0.1, -0.05) is 42.5 Å². The van der Waals surface area contributed by atoms with Gasteiger partial charge in [-0.15, -0.1) is 0 Å². The summed E-state index contributed by atoms with van der Waals surface area (Å²) in [5.74, 6) is -0.754. The molecule has 0 aromatic heterocycles. The number of anilines is 2. The van der Waals surface area contributed by atoms with Gasteiger partial charge in [0.15, 0.2) is 0 Å². The molecule has 0 saturated carbocycles. The first kappa shape index (κ1) is 21.6. The van der Waals surface area contributed by atoms with Crippen LogP contribution in [0, 0.1) is 5.41 Å². The maximum absolute atomic E-state index is 12.7. The number of amidine groups is 1. The standard InChI is InChI=1S/C24H25N5O2/c1-16(30)28-20-9-5-8-19(14-20)22(24(27)31)29(15-17-6-3-2-4-7-17)21-12-10-18(11-13-21)23(25)26/h2-14,22H,15H2,1H3,(H3,25,26)(H2,27,31)(H,28,30). The number of nitrogen functional groups attached to an aromatic ring is 1. The highest BCUT2D eigenvalue weighted by Crippen LogP contribution is 2.31. The fraction of sp³-hybridized carbons (Fsp3) is 0.125. The Hall–Kier alpha value is -4.13. The van der Waals surface area contributed by atoms with Gasteiger partial charge in [-0.3, -0.25) is 15.0 Å². The van der Waals surface area contributed by atoms with Crippen LogP contribution in [0.4, 0.5) is 11.4 Å². The molecule has 31 heavy (non-hydrogen) atoms. The summed E-state index contributed by atoms with van der Waals surface area (Å²) in [6.07, 6.45) is 0. The summed E-state index contributed by atoms with van der Waals surface area (Å²) in [6, 6.07) is 23.2. The number of carbonyl (C=O) groups is 2. The van der Waals surface area contributed by atoms with E-state index in [2.05, 4.69) is 5.32 Å². The summed E-state index contributed by atoms with van der Waals surface area (Å²) in [5.41, 5.74) is 15.0. The molecule has 0 aliphatic heterocycles. The van der Waals surface area contributed by atoms with Crippen molar-refractivity contribution in [2.45, 2.75) is 19.5 Å². The smallest absolute Gasteiger partial charge is 0.244 e. The Labute approximate surface area is 181 Å². The number of hydrogen-bond acceptors (Lipinski definition) is 4. The molecule has 158 valence electrons. The summed E-state index contributed by atoms with van der Waals surface area (Å²) >= 11 is 0. The first-order valence-electron chi connectivity index (χ1n) is 9.77. The van der Waals surface area contributed by atoms with Gasteiger partial charge in [0.05, 0.1) is 0 Å². The van der Waals surface area contributed by atoms with E-state index in [-0.39, 0.29) is 11.7 Å². The SMILES string of the molecule is CC(=O)Nc1cccc(C(C(N)=O)N(Cc2ccccc2)c2ccc(C(=N)N)cc2)c1. The van der Waals surface area contributed by atoms with Crippen LogP contribution in [0.1, 0.15) is 29.7 Å². The van der Waals surface area contributed by atoms with Crippen molar-refractivity contribution in [3.8, 4) is 0 Å². The largest absolute Gasteiger partial charge is 0.384 e. The molecule has 1 unspecified atom stereocenters. The highest BCUT2D eigenvalue weighted by atomic mass is 16.2. The van der Waals surface area contributed by atoms with E-state index < -0.39 is 11.9 Å². The number of nitrogens with zero attached hydrogens (tertiary/aromatic N) is 1. The Kier molecular flexibility index (Phi) is 6.67. The van der Waals surface area contributed by atoms with Crippen LogP contribution >= 0.6 is 0 Å². The Morgan fingerprint density at radius 2 is 1.65 bits per heavy atom. The molecular formula is C24H25N5O2. The fourth-order valence-electron chi connectivity index (χ4n) is 3.43. The Balaban J connectivity index is 2.07. The van der Waals surface area contributed by atoms with E-state index in [9.17, 15) is 9.59 Å². The summed E-state index contributed by atoms with van der Waals surface area (Å²) in [7, 11) is 0. The molecule has 0 radical (unpaired) electrons. The average molecular weight is 415 g/mol. The van der Waals surface area contributed by atoms with E-state index in [4.69, 9.17) is 16.9 Å². The molecule has 0 aliphatic rings. The normalized spacial score (nSPS) is 11.4. The zero-order valence-corrected chi connectivity index (χ0v) is 17.2. The van der Waals surface area contributed by atoms with Gasteiger partial charge in [0.1, 0.15) is 11.9 Å². The first-order valence-corrected chi connectivity index (χ1v) is 9.77. The second-order valence-corrected chi connectivity index (χ2v) is 7.19. The predicted molar refractivity (Wildman–Crippen MR) is 123 cm³/mol. The maximum atomic E-state index is 12.7. The first-order chi connectivity index (χ1) is 14.8. The third kappa shape index (κ3) is 5.48. The number of rotatable bonds is 8. The molecule has 0 heterocycles. The number of hydrogen-bond donors (Lipinski definition) is 4. The quantitative estimate of drug-likeness (QED) is 0.333. The molecule has 0 fully saturated rings. The van der Waals surface area contributed by atoms with Crippen LogP contribution in [-0.4, -0.2) is 17.6 Å². The molecule has 3 aromatic rings. The van der Waals surface area contributed by atoms with E-state index >= 15 is 0 Å². The van der Waals surface area contributed by atoms with Gasteiger partial charge >= 0.3 is 0 Å². The van der Waals surface area contributed by atoms with Crippen molar-refractivity contribution in [3.63, 3.8) is 0 Å². The van der Waals surface area contributed by atoms with Crippen molar-refractivity contribution in [2.24, 2.45) is 11.5 Å². The lowest BCUT2D eigenvalue weighted by Crippen LogP contribution is -2.37. The monoisotopic (exact) mass is 415 g/mol. The van der Waals surface area contributed by atoms with Crippen LogP contribution < -0.4 is 21.7 Å². The number of nitrogens with two attached hydrogens (primary N) is 2. The molecule has 0 aliphatic carbocycles. The molecule has 3 rings (SSSR count). The number of nitrogens with one attached hydrogen (secondary N) is 2. The third-order valence-corrected chi connectivity index (χ3v) is 4.81. The molecule has 6 N–H and O–H groups in total. The molecule has 1 atom stereocenters. The fourth-order valence-corrected chi connectivity index (χ4v) is 3.43. The number of carbonyl (C=O) groups excluding carboxylic acids is 2. The highest BCUT2D eigenvalue weighted by molar-refractivity contribution is 5.95. The Bertz CT molecular complexity index is 1080. The summed E-state index contributed by atoms with van der Waals surface area (Å²) in [4.78, 5) is 26.0. The zero-order chi connectivity index (χ0) is 22.4. The van der Waals surface area contributed by atoms with Crippen LogP contribution in [0.2, 0.25) is 0 Å². The van der Waals surface area contributed by atoms with Crippen LogP contribution in [-0.2, 0) is 16.1 Å². The average Bonchev–Trinajstić information content (AvgIpc) is 2.74. The number of primary amides is 1. The molecule has 0 saturated heterocycles. The number of amides is 2. The van der Waals surface area contributed by atoms with Gasteiger partial charge in [-0.25, -0.2) is 0 Å². The van der Waals surface area contributed by atoms with Crippen molar-refractivity contribution in [1.29, 1.82) is 5.41 Å². The minimum absolute atomic E-state index is 0.0318. The number of benzene rings is 3. The van der Waals surface area contributed by atoms with Gasteiger partial charge in [0.2, 0.25) is 11.8 Å². The third-order valence-electron chi connectivity index (χ3n) is 4.81. The van der Waals surface area contributed by atoms with E-state index in [0.29, 0.717) is 23.4 Å². The minimum Gasteiger partial charge on any atom is -0.384 e. The zero-order valence-electron chi connectivity index (χ0n) is 17.2. The molecular weight excluding hydrogens is 390 g/mol. The molecule has 7 nitrogen and oxygen atoms in total. The van der Waals surface area contributed by atoms with E-state index in [1.165, 1.54) is 6.92 Å². The lowest BCUT2D eigenvalue weighted by atomic mass is 10.0. The maximum Gasteiger partial charge on any atom is 0.244 e. The Morgan fingerprint density at radius 3 is 2.23 bits per heavy atom. The van der Waals surface area contributed by atoms with Crippen molar-refractivity contribution in [1.82, 2.24) is 0 Å². The van der Waals surface area contributed by atoms with Gasteiger partial charge in [0.25, 0.3) is 0 Å². The molecule has 0 bridgehead atoms. The van der Waals surface area contributed by atoms with Crippen molar-refractivity contribution in [2.75, 3.05) is 10.2 Å². The topological polar surface area (TPSA) is 125 Å². The molecule has 7 heteroatoms. The van der Waals surface area contributed by atoms with Crippen LogP contribution in [0.25, 0.3) is 0 Å². The van der Waals surface area contributed by atoms with Crippen LogP contribution in [0.3, 0.4) is 0 Å². The Morgan fingerprint density at radius 1 is 0.968 bits per heavy atom. The van der Waals surface area contributed by atoms with E-state index in [1.54, 1.807) is 30.3 Å². The van der Waals surface area contributed by atoms with Crippen molar-refractivity contribution < 1.29 is 9.59 Å². The summed E-state index contributed by atoms with van der Waals surface area (Å²) in [5, 5.41) is 10.4. The summed E-state index contributed by atoms with van der Waals surface area (Å²) < 4.78 is 0. The van der Waals surface area contributed by atoms with Gasteiger partial charge < -0.3 is 21.7 Å². The van der Waals surface area contributed by atoms with Crippen molar-refractivity contribution >= 4 is 29.0 Å². The predicted octanol–water partition coefficient (Wildman–Crippen LogP) is 3.16. The van der Waals surface area contributed by atoms with Gasteiger partial charge in [0, 0.05) is 30.4 Å². The second kappa shape index (κ2) is 9.58. The highest BCUT2D eigenvalue weighted by Gasteiger charge is 2.27.